The lowest BCUT2D eigenvalue weighted by molar-refractivity contribution is 0.0906. The summed E-state index contributed by atoms with van der Waals surface area (Å²) in [7, 11) is 0. The second-order valence-corrected chi connectivity index (χ2v) is 7.25. The summed E-state index contributed by atoms with van der Waals surface area (Å²) < 4.78 is 38.7. The molecule has 0 saturated carbocycles. The van der Waals surface area contributed by atoms with Crippen molar-refractivity contribution in [2.75, 3.05) is 0 Å². The van der Waals surface area contributed by atoms with Crippen LogP contribution in [0.4, 0.5) is 8.78 Å². The molecule has 0 aliphatic carbocycles. The van der Waals surface area contributed by atoms with Gasteiger partial charge < -0.3 is 14.5 Å². The van der Waals surface area contributed by atoms with E-state index in [0.29, 0.717) is 17.2 Å². The predicted molar refractivity (Wildman–Crippen MR) is 106 cm³/mol. The van der Waals surface area contributed by atoms with Crippen LogP contribution in [0.5, 0.6) is 11.7 Å². The molecule has 0 radical (unpaired) electrons. The summed E-state index contributed by atoms with van der Waals surface area (Å²) in [6.07, 6.45) is 0. The van der Waals surface area contributed by atoms with E-state index in [0.717, 1.165) is 5.56 Å². The lowest BCUT2D eigenvalue weighted by Gasteiger charge is -2.14. The predicted octanol–water partition coefficient (Wildman–Crippen LogP) is 6.27. The Hall–Kier alpha value is -3.15. The second kappa shape index (κ2) is 8.47. The quantitative estimate of drug-likeness (QED) is 0.531. The van der Waals surface area contributed by atoms with Crippen molar-refractivity contribution in [2.45, 2.75) is 39.7 Å². The molecule has 0 spiro atoms. The summed E-state index contributed by atoms with van der Waals surface area (Å²) in [5.41, 5.74) is 1.40. The number of ether oxygens (including phenoxy) is 1. The Morgan fingerprint density at radius 2 is 1.69 bits per heavy atom. The van der Waals surface area contributed by atoms with Crippen LogP contribution in [-0.4, -0.2) is 5.91 Å². The van der Waals surface area contributed by atoms with Crippen LogP contribution in [0.2, 0.25) is 0 Å². The normalized spacial score (nSPS) is 12.1. The molecule has 3 aromatic rings. The van der Waals surface area contributed by atoms with Gasteiger partial charge in [-0.3, -0.25) is 4.79 Å². The zero-order chi connectivity index (χ0) is 21.1. The Bertz CT molecular complexity index is 1000. The highest BCUT2D eigenvalue weighted by molar-refractivity contribution is 5.91. The summed E-state index contributed by atoms with van der Waals surface area (Å²) >= 11 is 0. The van der Waals surface area contributed by atoms with Gasteiger partial charge in [0, 0.05) is 11.6 Å². The van der Waals surface area contributed by atoms with E-state index < -0.39 is 23.6 Å². The zero-order valence-electron chi connectivity index (χ0n) is 16.8. The smallest absolute Gasteiger partial charge is 0.290 e. The van der Waals surface area contributed by atoms with Gasteiger partial charge in [0.2, 0.25) is 0 Å². The van der Waals surface area contributed by atoms with Crippen LogP contribution in [-0.2, 0) is 0 Å². The third kappa shape index (κ3) is 4.83. The Morgan fingerprint density at radius 3 is 2.34 bits per heavy atom. The number of carbonyl (C=O) groups excluding carboxylic acids is 1. The molecule has 4 nitrogen and oxygen atoms in total. The van der Waals surface area contributed by atoms with Gasteiger partial charge in [-0.15, -0.1) is 0 Å². The van der Waals surface area contributed by atoms with Crippen molar-refractivity contribution < 1.29 is 22.7 Å². The first-order valence-corrected chi connectivity index (χ1v) is 9.38. The van der Waals surface area contributed by atoms with Crippen molar-refractivity contribution in [3.8, 4) is 11.7 Å². The van der Waals surface area contributed by atoms with Gasteiger partial charge in [-0.2, -0.15) is 0 Å². The number of halogens is 2. The van der Waals surface area contributed by atoms with Gasteiger partial charge >= 0.3 is 0 Å². The molecule has 6 heteroatoms. The first-order valence-electron chi connectivity index (χ1n) is 9.38. The van der Waals surface area contributed by atoms with Crippen LogP contribution in [0.1, 0.15) is 60.0 Å². The highest BCUT2D eigenvalue weighted by Gasteiger charge is 2.18. The fourth-order valence-electron chi connectivity index (χ4n) is 2.82. The summed E-state index contributed by atoms with van der Waals surface area (Å²) in [6, 6.07) is 12.5. The van der Waals surface area contributed by atoms with Crippen LogP contribution >= 0.6 is 0 Å². The SMILES string of the molecule is Cc1c(F)cc([C@@H](C)NC(=O)c2ccc(Oc3cccc(C(C)C)c3)o2)cc1F. The molecule has 0 aliphatic rings. The highest BCUT2D eigenvalue weighted by Crippen LogP contribution is 2.27. The van der Waals surface area contributed by atoms with Crippen molar-refractivity contribution >= 4 is 5.91 Å². The van der Waals surface area contributed by atoms with Gasteiger partial charge in [-0.05, 0) is 61.2 Å². The van der Waals surface area contributed by atoms with Crippen LogP contribution < -0.4 is 10.1 Å². The molecule has 2 aromatic carbocycles. The monoisotopic (exact) mass is 399 g/mol. The Morgan fingerprint density at radius 1 is 1.00 bits per heavy atom. The maximum atomic E-state index is 13.8. The number of carbonyl (C=O) groups is 1. The number of rotatable bonds is 6. The van der Waals surface area contributed by atoms with Crippen LogP contribution in [0, 0.1) is 18.6 Å². The van der Waals surface area contributed by atoms with Crippen LogP contribution in [0.3, 0.4) is 0 Å². The topological polar surface area (TPSA) is 51.5 Å². The average Bonchev–Trinajstić information content (AvgIpc) is 3.14. The third-order valence-electron chi connectivity index (χ3n) is 4.70. The minimum absolute atomic E-state index is 0.0416. The van der Waals surface area contributed by atoms with E-state index in [2.05, 4.69) is 19.2 Å². The number of amides is 1. The molecular formula is C23H23F2NO3. The summed E-state index contributed by atoms with van der Waals surface area (Å²) in [6.45, 7) is 7.17. The molecule has 0 bridgehead atoms. The van der Waals surface area contributed by atoms with E-state index in [1.165, 1.54) is 25.1 Å². The van der Waals surface area contributed by atoms with Gasteiger partial charge in [0.1, 0.15) is 17.4 Å². The molecule has 0 fully saturated rings. The second-order valence-electron chi connectivity index (χ2n) is 7.25. The first kappa shape index (κ1) is 20.6. The molecule has 152 valence electrons. The highest BCUT2D eigenvalue weighted by atomic mass is 19.1. The zero-order valence-corrected chi connectivity index (χ0v) is 16.8. The van der Waals surface area contributed by atoms with E-state index in [-0.39, 0.29) is 17.3 Å². The van der Waals surface area contributed by atoms with Gasteiger partial charge in [0.25, 0.3) is 11.9 Å². The molecule has 1 amide bonds. The average molecular weight is 399 g/mol. The number of benzene rings is 2. The van der Waals surface area contributed by atoms with Gasteiger partial charge in [0.15, 0.2) is 5.76 Å². The van der Waals surface area contributed by atoms with E-state index in [4.69, 9.17) is 9.15 Å². The number of nitrogens with one attached hydrogen (secondary N) is 1. The number of hydrogen-bond acceptors (Lipinski definition) is 3. The van der Waals surface area contributed by atoms with E-state index in [9.17, 15) is 13.6 Å². The van der Waals surface area contributed by atoms with Crippen molar-refractivity contribution in [3.05, 3.63) is 82.6 Å². The maximum absolute atomic E-state index is 13.8. The molecule has 1 N–H and O–H groups in total. The fourth-order valence-corrected chi connectivity index (χ4v) is 2.82. The van der Waals surface area contributed by atoms with Crippen LogP contribution in [0.25, 0.3) is 0 Å². The summed E-state index contributed by atoms with van der Waals surface area (Å²) in [5.74, 6) is -0.636. The maximum Gasteiger partial charge on any atom is 0.290 e. The van der Waals surface area contributed by atoms with Gasteiger partial charge in [-0.1, -0.05) is 26.0 Å². The van der Waals surface area contributed by atoms with Gasteiger partial charge in [0.05, 0.1) is 6.04 Å². The molecule has 1 atom stereocenters. The van der Waals surface area contributed by atoms with E-state index in [1.54, 1.807) is 19.1 Å². The van der Waals surface area contributed by atoms with Crippen molar-refractivity contribution in [3.63, 3.8) is 0 Å². The van der Waals surface area contributed by atoms with Crippen molar-refractivity contribution in [1.29, 1.82) is 0 Å². The van der Waals surface area contributed by atoms with E-state index in [1.807, 2.05) is 18.2 Å². The van der Waals surface area contributed by atoms with Crippen molar-refractivity contribution in [1.82, 2.24) is 5.32 Å². The van der Waals surface area contributed by atoms with Crippen molar-refractivity contribution in [2.24, 2.45) is 0 Å². The lowest BCUT2D eigenvalue weighted by atomic mass is 10.0. The lowest BCUT2D eigenvalue weighted by Crippen LogP contribution is -2.26. The summed E-state index contributed by atoms with van der Waals surface area (Å²) in [4.78, 5) is 12.4. The Labute approximate surface area is 168 Å². The standard InChI is InChI=1S/C23H23F2NO3/c1-13(2)16-6-5-7-18(10-16)28-22-9-8-21(29-22)23(27)26-15(4)17-11-19(24)14(3)20(25)12-17/h5-13,15H,1-4H3,(H,26,27)/t15-/m1/s1. The number of hydrogen-bond donors (Lipinski definition) is 1. The fraction of sp³-hybridized carbons (Fsp3) is 0.261. The molecule has 29 heavy (non-hydrogen) atoms. The molecule has 0 aliphatic heterocycles. The van der Waals surface area contributed by atoms with Crippen LogP contribution in [0.15, 0.2) is 52.9 Å². The Kier molecular flexibility index (Phi) is 6.01. The molecule has 0 unspecified atom stereocenters. The molecule has 1 aromatic heterocycles. The third-order valence-corrected chi connectivity index (χ3v) is 4.70. The molecule has 0 saturated heterocycles. The van der Waals surface area contributed by atoms with E-state index >= 15 is 0 Å². The summed E-state index contributed by atoms with van der Waals surface area (Å²) in [5, 5.41) is 2.67. The first-order chi connectivity index (χ1) is 13.7. The van der Waals surface area contributed by atoms with Gasteiger partial charge in [-0.25, -0.2) is 8.78 Å². The minimum Gasteiger partial charge on any atom is -0.426 e. The molecule has 3 rings (SSSR count). The Balaban J connectivity index is 1.68. The minimum atomic E-state index is -0.654. The number of furan rings is 1. The molecular weight excluding hydrogens is 376 g/mol. The molecule has 1 heterocycles. The largest absolute Gasteiger partial charge is 0.426 e.